The zero-order valence-electron chi connectivity index (χ0n) is 12.7. The largest absolute Gasteiger partial charge is 0.496 e. The smallest absolute Gasteiger partial charge is 0.196 e. The van der Waals surface area contributed by atoms with Gasteiger partial charge in [0.05, 0.1) is 12.7 Å². The maximum atomic E-state index is 12.7. The first-order valence-corrected chi connectivity index (χ1v) is 7.42. The van der Waals surface area contributed by atoms with Crippen molar-refractivity contribution >= 4 is 5.78 Å². The van der Waals surface area contributed by atoms with Crippen LogP contribution < -0.4 is 4.74 Å². The van der Waals surface area contributed by atoms with Gasteiger partial charge in [-0.2, -0.15) is 0 Å². The number of hydrogen-bond donors (Lipinski definition) is 0. The van der Waals surface area contributed by atoms with E-state index in [1.165, 1.54) is 0 Å². The van der Waals surface area contributed by atoms with Gasteiger partial charge in [0, 0.05) is 25.2 Å². The molecule has 0 atom stereocenters. The third-order valence-corrected chi connectivity index (χ3v) is 3.84. The molecule has 0 unspecified atom stereocenters. The van der Waals surface area contributed by atoms with Crippen LogP contribution in [0.2, 0.25) is 0 Å². The van der Waals surface area contributed by atoms with Crippen molar-refractivity contribution in [3.8, 4) is 5.75 Å². The van der Waals surface area contributed by atoms with Crippen molar-refractivity contribution < 1.29 is 9.53 Å². The number of hydrogen-bond acceptors (Lipinski definition) is 3. The van der Waals surface area contributed by atoms with Crippen LogP contribution in [0.1, 0.15) is 21.5 Å². The number of benzene rings is 2. The fourth-order valence-electron chi connectivity index (χ4n) is 2.71. The molecule has 1 aliphatic rings. The van der Waals surface area contributed by atoms with Gasteiger partial charge in [0.2, 0.25) is 0 Å². The summed E-state index contributed by atoms with van der Waals surface area (Å²) in [4.78, 5) is 15.0. The van der Waals surface area contributed by atoms with Crippen molar-refractivity contribution in [1.82, 2.24) is 4.90 Å². The van der Waals surface area contributed by atoms with E-state index in [1.54, 1.807) is 13.2 Å². The van der Waals surface area contributed by atoms with Crippen molar-refractivity contribution in [2.75, 3.05) is 20.2 Å². The minimum atomic E-state index is -0.00107. The number of ketones is 1. The number of methoxy groups -OCH3 is 1. The maximum absolute atomic E-state index is 12.7. The summed E-state index contributed by atoms with van der Waals surface area (Å²) in [5, 5.41) is 0. The molecule has 0 radical (unpaired) electrons. The maximum Gasteiger partial charge on any atom is 0.196 e. The summed E-state index contributed by atoms with van der Waals surface area (Å²) in [7, 11) is 1.59. The third kappa shape index (κ3) is 3.10. The third-order valence-electron chi connectivity index (χ3n) is 3.84. The van der Waals surface area contributed by atoms with Gasteiger partial charge < -0.3 is 4.74 Å². The Morgan fingerprint density at radius 2 is 1.86 bits per heavy atom. The van der Waals surface area contributed by atoms with Crippen LogP contribution in [0.4, 0.5) is 0 Å². The molecule has 22 heavy (non-hydrogen) atoms. The van der Waals surface area contributed by atoms with Crippen molar-refractivity contribution in [2.45, 2.75) is 6.54 Å². The van der Waals surface area contributed by atoms with Gasteiger partial charge in [0.1, 0.15) is 5.75 Å². The first-order valence-electron chi connectivity index (χ1n) is 7.42. The summed E-state index contributed by atoms with van der Waals surface area (Å²) in [5.41, 5.74) is 2.46. The number of carbonyl (C=O) groups excluding carboxylic acids is 1. The van der Waals surface area contributed by atoms with Crippen molar-refractivity contribution in [1.29, 1.82) is 0 Å². The Bertz CT molecular complexity index is 698. The zero-order valence-corrected chi connectivity index (χ0v) is 12.7. The molecule has 0 amide bonds. The van der Waals surface area contributed by atoms with Gasteiger partial charge in [0.15, 0.2) is 5.78 Å². The van der Waals surface area contributed by atoms with Crippen molar-refractivity contribution in [3.63, 3.8) is 0 Å². The Morgan fingerprint density at radius 1 is 1.09 bits per heavy atom. The quantitative estimate of drug-likeness (QED) is 0.626. The van der Waals surface area contributed by atoms with E-state index in [-0.39, 0.29) is 5.78 Å². The molecule has 0 spiro atoms. The van der Waals surface area contributed by atoms with Crippen LogP contribution in [0.15, 0.2) is 60.7 Å². The summed E-state index contributed by atoms with van der Waals surface area (Å²) < 4.78 is 5.29. The SMILES string of the molecule is COc1ccccc1C(=O)c1cccc(CN2CC=CC2)c1. The van der Waals surface area contributed by atoms with Crippen LogP contribution in [-0.4, -0.2) is 30.9 Å². The molecule has 112 valence electrons. The van der Waals surface area contributed by atoms with Crippen molar-refractivity contribution in [2.24, 2.45) is 0 Å². The average Bonchev–Trinajstić information content (AvgIpc) is 3.07. The Kier molecular flexibility index (Phi) is 4.35. The lowest BCUT2D eigenvalue weighted by Gasteiger charge is -2.15. The summed E-state index contributed by atoms with van der Waals surface area (Å²) >= 11 is 0. The van der Waals surface area contributed by atoms with Gasteiger partial charge in [0.25, 0.3) is 0 Å². The molecular formula is C19H19NO2. The van der Waals surface area contributed by atoms with E-state index in [0.29, 0.717) is 16.9 Å². The molecule has 0 saturated carbocycles. The molecule has 0 saturated heterocycles. The van der Waals surface area contributed by atoms with E-state index in [9.17, 15) is 4.79 Å². The highest BCUT2D eigenvalue weighted by molar-refractivity contribution is 6.10. The molecule has 0 fully saturated rings. The number of rotatable bonds is 5. The summed E-state index contributed by atoms with van der Waals surface area (Å²) in [6.07, 6.45) is 4.34. The van der Waals surface area contributed by atoms with Crippen LogP contribution >= 0.6 is 0 Å². The number of para-hydroxylation sites is 1. The molecule has 0 N–H and O–H groups in total. The Balaban J connectivity index is 1.83. The topological polar surface area (TPSA) is 29.5 Å². The molecule has 0 aliphatic carbocycles. The predicted octanol–water partition coefficient (Wildman–Crippen LogP) is 3.30. The van der Waals surface area contributed by atoms with E-state index in [4.69, 9.17) is 4.74 Å². The van der Waals surface area contributed by atoms with Crippen LogP contribution in [0.5, 0.6) is 5.75 Å². The molecule has 3 rings (SSSR count). The molecule has 3 nitrogen and oxygen atoms in total. The summed E-state index contributed by atoms with van der Waals surface area (Å²) in [6.45, 7) is 2.81. The normalized spacial score (nSPS) is 14.2. The fraction of sp³-hybridized carbons (Fsp3) is 0.211. The minimum absolute atomic E-state index is 0.00107. The summed E-state index contributed by atoms with van der Waals surface area (Å²) in [5.74, 6) is 0.612. The highest BCUT2D eigenvalue weighted by atomic mass is 16.5. The first-order chi connectivity index (χ1) is 10.8. The van der Waals surface area contributed by atoms with Crippen LogP contribution in [-0.2, 0) is 6.54 Å². The van der Waals surface area contributed by atoms with Gasteiger partial charge in [-0.15, -0.1) is 0 Å². The van der Waals surface area contributed by atoms with Crippen LogP contribution in [0.3, 0.4) is 0 Å². The van der Waals surface area contributed by atoms with E-state index >= 15 is 0 Å². The van der Waals surface area contributed by atoms with Crippen LogP contribution in [0.25, 0.3) is 0 Å². The van der Waals surface area contributed by atoms with Gasteiger partial charge in [-0.05, 0) is 23.8 Å². The number of carbonyl (C=O) groups is 1. The molecule has 2 aromatic rings. The second-order valence-electron chi connectivity index (χ2n) is 5.40. The Labute approximate surface area is 130 Å². The Morgan fingerprint density at radius 3 is 2.64 bits per heavy atom. The molecule has 1 heterocycles. The van der Waals surface area contributed by atoms with Gasteiger partial charge in [-0.3, -0.25) is 9.69 Å². The van der Waals surface area contributed by atoms with Gasteiger partial charge in [-0.1, -0.05) is 42.5 Å². The lowest BCUT2D eigenvalue weighted by Crippen LogP contribution is -2.19. The van der Waals surface area contributed by atoms with Gasteiger partial charge >= 0.3 is 0 Å². The number of ether oxygens (including phenoxy) is 1. The standard InChI is InChI=1S/C19H19NO2/c1-22-18-10-3-2-9-17(18)19(21)16-8-6-7-15(13-16)14-20-11-4-5-12-20/h2-10,13H,11-12,14H2,1H3. The number of nitrogens with zero attached hydrogens (tertiary/aromatic N) is 1. The molecular weight excluding hydrogens is 274 g/mol. The predicted molar refractivity (Wildman–Crippen MR) is 87.3 cm³/mol. The van der Waals surface area contributed by atoms with E-state index < -0.39 is 0 Å². The fourth-order valence-corrected chi connectivity index (χ4v) is 2.71. The van der Waals surface area contributed by atoms with Gasteiger partial charge in [-0.25, -0.2) is 0 Å². The second-order valence-corrected chi connectivity index (χ2v) is 5.40. The van der Waals surface area contributed by atoms with Crippen LogP contribution in [0, 0.1) is 0 Å². The average molecular weight is 293 g/mol. The minimum Gasteiger partial charge on any atom is -0.496 e. The van der Waals surface area contributed by atoms with E-state index in [1.807, 2.05) is 36.4 Å². The molecule has 1 aliphatic heterocycles. The van der Waals surface area contributed by atoms with Crippen molar-refractivity contribution in [3.05, 3.63) is 77.4 Å². The molecule has 0 aromatic heterocycles. The lowest BCUT2D eigenvalue weighted by molar-refractivity contribution is 0.103. The van der Waals surface area contributed by atoms with E-state index in [2.05, 4.69) is 23.1 Å². The highest BCUT2D eigenvalue weighted by Crippen LogP contribution is 2.22. The summed E-state index contributed by atoms with van der Waals surface area (Å²) in [6, 6.07) is 15.2. The molecule has 2 aromatic carbocycles. The molecule has 3 heteroatoms. The molecule has 0 bridgehead atoms. The zero-order chi connectivity index (χ0) is 15.4. The second kappa shape index (κ2) is 6.58. The first kappa shape index (κ1) is 14.5. The monoisotopic (exact) mass is 293 g/mol. The highest BCUT2D eigenvalue weighted by Gasteiger charge is 2.15. The lowest BCUT2D eigenvalue weighted by atomic mass is 10.0. The Hall–Kier alpha value is -2.39. The van der Waals surface area contributed by atoms with E-state index in [0.717, 1.165) is 25.2 Å².